The molecular weight excluding hydrogens is 205 g/mol. The molecule has 12 heavy (non-hydrogen) atoms. The standard InChI is InChI=1S/C6H3Cl2NO3/c7-1-3(9)4(10)2(8)6(12)5(1)11/h10H,9H2. The van der Waals surface area contributed by atoms with Crippen LogP contribution in [0.4, 0.5) is 0 Å². The minimum atomic E-state index is -1.05. The molecule has 64 valence electrons. The number of ketones is 2. The number of hydrogen-bond acceptors (Lipinski definition) is 4. The number of hydrogen-bond donors (Lipinski definition) is 2. The van der Waals surface area contributed by atoms with Gasteiger partial charge in [0.15, 0.2) is 5.76 Å². The van der Waals surface area contributed by atoms with Gasteiger partial charge in [-0.15, -0.1) is 0 Å². The number of allylic oxidation sites excluding steroid dienone is 2. The highest BCUT2D eigenvalue weighted by Gasteiger charge is 2.32. The van der Waals surface area contributed by atoms with E-state index in [4.69, 9.17) is 34.0 Å². The number of carbonyl (C=O) groups excluding carboxylic acids is 2. The molecule has 0 radical (unpaired) electrons. The van der Waals surface area contributed by atoms with E-state index in [1.807, 2.05) is 0 Å². The molecule has 1 rings (SSSR count). The molecule has 0 amide bonds. The first-order chi connectivity index (χ1) is 5.46. The lowest BCUT2D eigenvalue weighted by Gasteiger charge is -2.10. The van der Waals surface area contributed by atoms with Crippen molar-refractivity contribution in [2.24, 2.45) is 5.73 Å². The van der Waals surface area contributed by atoms with Crippen LogP contribution in [-0.2, 0) is 9.59 Å². The highest BCUT2D eigenvalue weighted by Crippen LogP contribution is 2.25. The van der Waals surface area contributed by atoms with Gasteiger partial charge in [0.25, 0.3) is 0 Å². The molecule has 1 aliphatic carbocycles. The van der Waals surface area contributed by atoms with Gasteiger partial charge in [-0.3, -0.25) is 9.59 Å². The second-order valence-corrected chi connectivity index (χ2v) is 2.80. The SMILES string of the molecule is NC1=C(Cl)C(=O)C(=O)C(Cl)=C1O. The lowest BCUT2D eigenvalue weighted by atomic mass is 10.1. The van der Waals surface area contributed by atoms with Crippen molar-refractivity contribution in [3.05, 3.63) is 21.5 Å². The van der Waals surface area contributed by atoms with Crippen LogP contribution in [0.15, 0.2) is 21.5 Å². The lowest BCUT2D eigenvalue weighted by molar-refractivity contribution is -0.131. The number of carbonyl (C=O) groups is 2. The molecule has 3 N–H and O–H groups in total. The normalized spacial score (nSPS) is 19.2. The molecule has 0 aromatic carbocycles. The first kappa shape index (κ1) is 9.09. The smallest absolute Gasteiger partial charge is 0.249 e. The average Bonchev–Trinajstić information content (AvgIpc) is 2.08. The van der Waals surface area contributed by atoms with Crippen LogP contribution in [-0.4, -0.2) is 16.7 Å². The van der Waals surface area contributed by atoms with Crippen molar-refractivity contribution in [1.82, 2.24) is 0 Å². The van der Waals surface area contributed by atoms with E-state index in [0.717, 1.165) is 0 Å². The van der Waals surface area contributed by atoms with E-state index < -0.39 is 27.4 Å². The van der Waals surface area contributed by atoms with Crippen LogP contribution in [0.1, 0.15) is 0 Å². The van der Waals surface area contributed by atoms with E-state index in [-0.39, 0.29) is 5.70 Å². The molecule has 0 fully saturated rings. The van der Waals surface area contributed by atoms with Gasteiger partial charge in [0.2, 0.25) is 11.6 Å². The molecule has 4 nitrogen and oxygen atoms in total. The summed E-state index contributed by atoms with van der Waals surface area (Å²) in [4.78, 5) is 21.7. The van der Waals surface area contributed by atoms with Crippen LogP contribution in [0.2, 0.25) is 0 Å². The summed E-state index contributed by atoms with van der Waals surface area (Å²) in [5.74, 6) is -2.70. The Bertz CT molecular complexity index is 293. The maximum Gasteiger partial charge on any atom is 0.249 e. The Morgan fingerprint density at radius 1 is 1.08 bits per heavy atom. The molecular formula is C6H3Cl2NO3. The van der Waals surface area contributed by atoms with Gasteiger partial charge in [-0.2, -0.15) is 0 Å². The summed E-state index contributed by atoms with van der Waals surface area (Å²) >= 11 is 10.6. The Hall–Kier alpha value is -1.00. The molecule has 0 atom stereocenters. The molecule has 1 aliphatic rings. The number of aliphatic hydroxyl groups excluding tert-OH is 1. The Morgan fingerprint density at radius 3 is 2.00 bits per heavy atom. The van der Waals surface area contributed by atoms with Crippen molar-refractivity contribution in [2.45, 2.75) is 0 Å². The first-order valence-corrected chi connectivity index (χ1v) is 3.55. The number of aliphatic hydroxyl groups is 1. The van der Waals surface area contributed by atoms with Gasteiger partial charge in [-0.25, -0.2) is 0 Å². The van der Waals surface area contributed by atoms with Crippen LogP contribution >= 0.6 is 23.2 Å². The fourth-order valence-corrected chi connectivity index (χ4v) is 1.01. The van der Waals surface area contributed by atoms with E-state index in [9.17, 15) is 9.59 Å². The molecule has 0 saturated heterocycles. The van der Waals surface area contributed by atoms with Crippen molar-refractivity contribution in [1.29, 1.82) is 0 Å². The molecule has 0 aromatic rings. The molecule has 0 unspecified atom stereocenters. The van der Waals surface area contributed by atoms with Gasteiger partial charge in [-0.1, -0.05) is 23.2 Å². The van der Waals surface area contributed by atoms with Crippen molar-refractivity contribution in [2.75, 3.05) is 0 Å². The van der Waals surface area contributed by atoms with Gasteiger partial charge in [0.05, 0.1) is 5.70 Å². The molecule has 6 heteroatoms. The third-order valence-corrected chi connectivity index (χ3v) is 2.03. The second kappa shape index (κ2) is 2.80. The van der Waals surface area contributed by atoms with Crippen LogP contribution in [0.3, 0.4) is 0 Å². The minimum Gasteiger partial charge on any atom is -0.504 e. The monoisotopic (exact) mass is 207 g/mol. The van der Waals surface area contributed by atoms with Crippen LogP contribution in [0, 0.1) is 0 Å². The number of halogens is 2. The Balaban J connectivity index is 3.37. The van der Waals surface area contributed by atoms with Crippen molar-refractivity contribution < 1.29 is 14.7 Å². The quantitative estimate of drug-likeness (QED) is 0.450. The van der Waals surface area contributed by atoms with E-state index >= 15 is 0 Å². The fourth-order valence-electron chi connectivity index (χ4n) is 0.651. The number of Topliss-reactive ketones (excluding diaryl/α,β-unsaturated/α-hetero) is 2. The Kier molecular flexibility index (Phi) is 2.12. The third kappa shape index (κ3) is 1.09. The lowest BCUT2D eigenvalue weighted by Crippen LogP contribution is -2.24. The summed E-state index contributed by atoms with van der Waals surface area (Å²) in [6.07, 6.45) is 0. The van der Waals surface area contributed by atoms with E-state index in [1.54, 1.807) is 0 Å². The van der Waals surface area contributed by atoms with Crippen LogP contribution < -0.4 is 5.73 Å². The van der Waals surface area contributed by atoms with Gasteiger partial charge < -0.3 is 10.8 Å². The van der Waals surface area contributed by atoms with Crippen molar-refractivity contribution >= 4 is 34.8 Å². The molecule has 0 aliphatic heterocycles. The molecule has 0 aromatic heterocycles. The molecule has 0 spiro atoms. The number of nitrogens with two attached hydrogens (primary N) is 1. The topological polar surface area (TPSA) is 80.4 Å². The van der Waals surface area contributed by atoms with E-state index in [1.165, 1.54) is 0 Å². The summed E-state index contributed by atoms with van der Waals surface area (Å²) < 4.78 is 0. The molecule has 0 heterocycles. The van der Waals surface area contributed by atoms with Crippen LogP contribution in [0.5, 0.6) is 0 Å². The first-order valence-electron chi connectivity index (χ1n) is 2.80. The highest BCUT2D eigenvalue weighted by molar-refractivity contribution is 6.68. The summed E-state index contributed by atoms with van der Waals surface area (Å²) in [5.41, 5.74) is 4.78. The number of rotatable bonds is 0. The zero-order chi connectivity index (χ0) is 9.46. The Morgan fingerprint density at radius 2 is 1.50 bits per heavy atom. The molecule has 0 saturated carbocycles. The predicted molar refractivity (Wildman–Crippen MR) is 42.6 cm³/mol. The Labute approximate surface area is 77.2 Å². The van der Waals surface area contributed by atoms with Gasteiger partial charge in [0, 0.05) is 0 Å². The maximum atomic E-state index is 10.8. The fraction of sp³-hybridized carbons (Fsp3) is 0. The van der Waals surface area contributed by atoms with Crippen LogP contribution in [0.25, 0.3) is 0 Å². The summed E-state index contributed by atoms with van der Waals surface area (Å²) in [6.45, 7) is 0. The molecule has 0 bridgehead atoms. The third-order valence-electron chi connectivity index (χ3n) is 1.30. The minimum absolute atomic E-state index is 0.369. The summed E-state index contributed by atoms with van der Waals surface area (Å²) in [7, 11) is 0. The zero-order valence-electron chi connectivity index (χ0n) is 5.60. The summed E-state index contributed by atoms with van der Waals surface area (Å²) in [5, 5.41) is 7.92. The van der Waals surface area contributed by atoms with E-state index in [0.29, 0.717) is 0 Å². The average molecular weight is 208 g/mol. The summed E-state index contributed by atoms with van der Waals surface area (Å²) in [6, 6.07) is 0. The van der Waals surface area contributed by atoms with Crippen molar-refractivity contribution in [3.8, 4) is 0 Å². The second-order valence-electron chi connectivity index (χ2n) is 2.05. The predicted octanol–water partition coefficient (Wildman–Crippen LogP) is 0.556. The van der Waals surface area contributed by atoms with Gasteiger partial charge in [-0.05, 0) is 0 Å². The van der Waals surface area contributed by atoms with Gasteiger partial charge >= 0.3 is 0 Å². The van der Waals surface area contributed by atoms with Gasteiger partial charge in [0.1, 0.15) is 10.1 Å². The highest BCUT2D eigenvalue weighted by atomic mass is 35.5. The zero-order valence-corrected chi connectivity index (χ0v) is 7.11. The largest absolute Gasteiger partial charge is 0.504 e. The van der Waals surface area contributed by atoms with E-state index in [2.05, 4.69) is 0 Å². The maximum absolute atomic E-state index is 10.8. The van der Waals surface area contributed by atoms with Crippen molar-refractivity contribution in [3.63, 3.8) is 0 Å².